The summed E-state index contributed by atoms with van der Waals surface area (Å²) in [7, 11) is 0. The van der Waals surface area contributed by atoms with Crippen molar-refractivity contribution in [2.24, 2.45) is 0 Å². The monoisotopic (exact) mass is 240 g/mol. The average molecular weight is 240 g/mol. The Morgan fingerprint density at radius 3 is 2.47 bits per heavy atom. The van der Waals surface area contributed by atoms with Crippen molar-refractivity contribution in [3.05, 3.63) is 0 Å². The van der Waals surface area contributed by atoms with Crippen LogP contribution in [0.3, 0.4) is 0 Å². The molecule has 1 aliphatic rings. The topological polar surface area (TPSA) is 41.1 Å². The highest BCUT2D eigenvalue weighted by molar-refractivity contribution is 5.76. The minimum Gasteiger partial charge on any atom is -0.353 e. The maximum absolute atomic E-state index is 11.7. The third-order valence-corrected chi connectivity index (χ3v) is 3.68. The Bertz CT molecular complexity index is 210. The van der Waals surface area contributed by atoms with Crippen molar-refractivity contribution < 1.29 is 4.79 Å². The van der Waals surface area contributed by atoms with E-state index in [1.165, 1.54) is 38.5 Å². The number of carbonyl (C=O) groups is 1. The molecule has 2 N–H and O–H groups in total. The van der Waals surface area contributed by atoms with Gasteiger partial charge in [0, 0.05) is 25.0 Å². The van der Waals surface area contributed by atoms with E-state index in [4.69, 9.17) is 0 Å². The van der Waals surface area contributed by atoms with Crippen molar-refractivity contribution in [2.45, 2.75) is 77.3 Å². The molecule has 1 fully saturated rings. The SMILES string of the molecule is CCC(C)NCCC(=O)NC1CCCCCC1. The molecule has 17 heavy (non-hydrogen) atoms. The van der Waals surface area contributed by atoms with Gasteiger partial charge in [-0.1, -0.05) is 32.6 Å². The lowest BCUT2D eigenvalue weighted by Gasteiger charge is -2.17. The Morgan fingerprint density at radius 1 is 1.24 bits per heavy atom. The second kappa shape index (κ2) is 8.51. The van der Waals surface area contributed by atoms with Gasteiger partial charge in [-0.2, -0.15) is 0 Å². The highest BCUT2D eigenvalue weighted by Crippen LogP contribution is 2.17. The molecule has 0 heterocycles. The first kappa shape index (κ1) is 14.5. The fourth-order valence-electron chi connectivity index (χ4n) is 2.30. The van der Waals surface area contributed by atoms with Crippen LogP contribution in [0.2, 0.25) is 0 Å². The van der Waals surface area contributed by atoms with E-state index in [9.17, 15) is 4.79 Å². The van der Waals surface area contributed by atoms with E-state index in [0.717, 1.165) is 13.0 Å². The molecular formula is C14H28N2O. The van der Waals surface area contributed by atoms with E-state index >= 15 is 0 Å². The van der Waals surface area contributed by atoms with Gasteiger partial charge < -0.3 is 10.6 Å². The van der Waals surface area contributed by atoms with Gasteiger partial charge in [0.1, 0.15) is 0 Å². The van der Waals surface area contributed by atoms with Gasteiger partial charge in [-0.25, -0.2) is 0 Å². The molecule has 100 valence electrons. The zero-order valence-corrected chi connectivity index (χ0v) is 11.4. The smallest absolute Gasteiger partial charge is 0.221 e. The molecule has 1 unspecified atom stereocenters. The predicted molar refractivity (Wildman–Crippen MR) is 72.0 cm³/mol. The number of carbonyl (C=O) groups excluding carboxylic acids is 1. The fourth-order valence-corrected chi connectivity index (χ4v) is 2.30. The Morgan fingerprint density at radius 2 is 1.88 bits per heavy atom. The minimum atomic E-state index is 0.215. The molecule has 0 aromatic heterocycles. The lowest BCUT2D eigenvalue weighted by atomic mass is 10.1. The number of rotatable bonds is 6. The maximum Gasteiger partial charge on any atom is 0.221 e. The van der Waals surface area contributed by atoms with Crippen LogP contribution in [0.1, 0.15) is 65.2 Å². The first-order valence-electron chi connectivity index (χ1n) is 7.25. The van der Waals surface area contributed by atoms with Gasteiger partial charge in [-0.15, -0.1) is 0 Å². The van der Waals surface area contributed by atoms with Crippen LogP contribution in [-0.4, -0.2) is 24.5 Å². The van der Waals surface area contributed by atoms with E-state index in [2.05, 4.69) is 24.5 Å². The van der Waals surface area contributed by atoms with Crippen molar-refractivity contribution in [1.82, 2.24) is 10.6 Å². The Balaban J connectivity index is 2.10. The summed E-state index contributed by atoms with van der Waals surface area (Å²) in [6, 6.07) is 0.953. The van der Waals surface area contributed by atoms with Crippen LogP contribution in [0.4, 0.5) is 0 Å². The second-order valence-corrected chi connectivity index (χ2v) is 5.27. The van der Waals surface area contributed by atoms with E-state index in [1.807, 2.05) is 0 Å². The minimum absolute atomic E-state index is 0.215. The predicted octanol–water partition coefficient (Wildman–Crippen LogP) is 2.60. The summed E-state index contributed by atoms with van der Waals surface area (Å²) in [5.74, 6) is 0.215. The van der Waals surface area contributed by atoms with Crippen molar-refractivity contribution in [1.29, 1.82) is 0 Å². The molecule has 1 saturated carbocycles. The van der Waals surface area contributed by atoms with Crippen LogP contribution in [-0.2, 0) is 4.79 Å². The number of nitrogens with one attached hydrogen (secondary N) is 2. The third kappa shape index (κ3) is 6.67. The average Bonchev–Trinajstić information content (AvgIpc) is 2.57. The van der Waals surface area contributed by atoms with Crippen LogP contribution < -0.4 is 10.6 Å². The first-order chi connectivity index (χ1) is 8.22. The molecular weight excluding hydrogens is 212 g/mol. The van der Waals surface area contributed by atoms with Gasteiger partial charge in [-0.3, -0.25) is 4.79 Å². The summed E-state index contributed by atoms with van der Waals surface area (Å²) < 4.78 is 0. The lowest BCUT2D eigenvalue weighted by molar-refractivity contribution is -0.121. The van der Waals surface area contributed by atoms with Crippen LogP contribution in [0.5, 0.6) is 0 Å². The molecule has 0 aromatic rings. The van der Waals surface area contributed by atoms with Crippen LogP contribution >= 0.6 is 0 Å². The molecule has 1 rings (SSSR count). The second-order valence-electron chi connectivity index (χ2n) is 5.27. The maximum atomic E-state index is 11.7. The van der Waals surface area contributed by atoms with Crippen molar-refractivity contribution in [3.63, 3.8) is 0 Å². The van der Waals surface area contributed by atoms with E-state index in [-0.39, 0.29) is 5.91 Å². The Labute approximate surface area is 106 Å². The normalized spacial score (nSPS) is 19.6. The van der Waals surface area contributed by atoms with E-state index in [0.29, 0.717) is 18.5 Å². The molecule has 0 bridgehead atoms. The zero-order chi connectivity index (χ0) is 12.5. The van der Waals surface area contributed by atoms with Gasteiger partial charge in [0.25, 0.3) is 0 Å². The molecule has 3 heteroatoms. The van der Waals surface area contributed by atoms with Gasteiger partial charge in [0.05, 0.1) is 0 Å². The lowest BCUT2D eigenvalue weighted by Crippen LogP contribution is -2.37. The van der Waals surface area contributed by atoms with Crippen LogP contribution in [0, 0.1) is 0 Å². The summed E-state index contributed by atoms with van der Waals surface area (Å²) >= 11 is 0. The third-order valence-electron chi connectivity index (χ3n) is 3.68. The molecule has 1 atom stereocenters. The molecule has 0 spiro atoms. The molecule has 1 aliphatic carbocycles. The summed E-state index contributed by atoms with van der Waals surface area (Å²) in [5, 5.41) is 6.52. The largest absolute Gasteiger partial charge is 0.353 e. The van der Waals surface area contributed by atoms with Gasteiger partial charge in [0.2, 0.25) is 5.91 Å². The molecule has 0 saturated heterocycles. The summed E-state index contributed by atoms with van der Waals surface area (Å²) in [6.07, 6.45) is 9.29. The quantitative estimate of drug-likeness (QED) is 0.701. The van der Waals surface area contributed by atoms with Crippen molar-refractivity contribution in [2.75, 3.05) is 6.54 Å². The Kier molecular flexibility index (Phi) is 7.25. The molecule has 3 nitrogen and oxygen atoms in total. The van der Waals surface area contributed by atoms with Gasteiger partial charge >= 0.3 is 0 Å². The van der Waals surface area contributed by atoms with Crippen LogP contribution in [0.25, 0.3) is 0 Å². The highest BCUT2D eigenvalue weighted by atomic mass is 16.1. The van der Waals surface area contributed by atoms with E-state index < -0.39 is 0 Å². The number of hydrogen-bond acceptors (Lipinski definition) is 2. The molecule has 0 aromatic carbocycles. The summed E-state index contributed by atoms with van der Waals surface area (Å²) in [4.78, 5) is 11.7. The molecule has 1 amide bonds. The highest BCUT2D eigenvalue weighted by Gasteiger charge is 2.14. The summed E-state index contributed by atoms with van der Waals surface area (Å²) in [5.41, 5.74) is 0. The fraction of sp³-hybridized carbons (Fsp3) is 0.929. The number of amides is 1. The Hall–Kier alpha value is -0.570. The molecule has 0 aliphatic heterocycles. The number of hydrogen-bond donors (Lipinski definition) is 2. The van der Waals surface area contributed by atoms with Crippen molar-refractivity contribution >= 4 is 5.91 Å². The van der Waals surface area contributed by atoms with E-state index in [1.54, 1.807) is 0 Å². The standard InChI is InChI=1S/C14H28N2O/c1-3-12(2)15-11-10-14(17)16-13-8-6-4-5-7-9-13/h12-13,15H,3-11H2,1-2H3,(H,16,17). The first-order valence-corrected chi connectivity index (χ1v) is 7.25. The van der Waals surface area contributed by atoms with Crippen molar-refractivity contribution in [3.8, 4) is 0 Å². The van der Waals surface area contributed by atoms with Crippen LogP contribution in [0.15, 0.2) is 0 Å². The van der Waals surface area contributed by atoms with Gasteiger partial charge in [-0.05, 0) is 26.2 Å². The van der Waals surface area contributed by atoms with Gasteiger partial charge in [0.15, 0.2) is 0 Å². The molecule has 0 radical (unpaired) electrons. The summed E-state index contributed by atoms with van der Waals surface area (Å²) in [6.45, 7) is 5.11. The zero-order valence-electron chi connectivity index (χ0n) is 11.4.